The van der Waals surface area contributed by atoms with E-state index in [4.69, 9.17) is 10.5 Å². The molecule has 0 aliphatic rings. The van der Waals surface area contributed by atoms with Gasteiger partial charge in [-0.1, -0.05) is 18.2 Å². The number of anilines is 1. The van der Waals surface area contributed by atoms with E-state index in [0.29, 0.717) is 18.3 Å². The van der Waals surface area contributed by atoms with Crippen LogP contribution < -0.4 is 10.5 Å². The second-order valence-corrected chi connectivity index (χ2v) is 2.28. The lowest BCUT2D eigenvalue weighted by atomic mass is 10.4. The molecule has 3 heteroatoms. The Morgan fingerprint density at radius 1 is 1.58 bits per heavy atom. The Balaban J connectivity index is 2.52. The van der Waals surface area contributed by atoms with Crippen molar-refractivity contribution >= 4 is 5.82 Å². The SMILES string of the molecule is C/C=C/COc1cccc(N)n1. The van der Waals surface area contributed by atoms with Crippen molar-refractivity contribution in [3.05, 3.63) is 30.4 Å². The highest BCUT2D eigenvalue weighted by atomic mass is 16.5. The number of nitrogens with zero attached hydrogens (tertiary/aromatic N) is 1. The molecular formula is C9H12N2O. The van der Waals surface area contributed by atoms with Crippen molar-refractivity contribution in [3.8, 4) is 5.88 Å². The van der Waals surface area contributed by atoms with E-state index in [1.165, 1.54) is 0 Å². The highest BCUT2D eigenvalue weighted by Gasteiger charge is 1.92. The predicted molar refractivity (Wildman–Crippen MR) is 49.0 cm³/mol. The third-order valence-corrected chi connectivity index (χ3v) is 1.31. The highest BCUT2D eigenvalue weighted by Crippen LogP contribution is 2.07. The van der Waals surface area contributed by atoms with Gasteiger partial charge in [0.05, 0.1) is 0 Å². The van der Waals surface area contributed by atoms with Crippen LogP contribution in [-0.4, -0.2) is 11.6 Å². The molecule has 64 valence electrons. The minimum atomic E-state index is 0.480. The molecule has 0 bridgehead atoms. The molecule has 0 fully saturated rings. The summed E-state index contributed by atoms with van der Waals surface area (Å²) in [6.07, 6.45) is 3.83. The first-order valence-electron chi connectivity index (χ1n) is 3.79. The summed E-state index contributed by atoms with van der Waals surface area (Å²) >= 11 is 0. The molecule has 0 atom stereocenters. The minimum Gasteiger partial charge on any atom is -0.473 e. The topological polar surface area (TPSA) is 48.1 Å². The summed E-state index contributed by atoms with van der Waals surface area (Å²) in [4.78, 5) is 3.97. The number of hydrogen-bond donors (Lipinski definition) is 1. The van der Waals surface area contributed by atoms with Crippen LogP contribution in [0.1, 0.15) is 6.92 Å². The fourth-order valence-corrected chi connectivity index (χ4v) is 0.741. The zero-order valence-electron chi connectivity index (χ0n) is 7.03. The average Bonchev–Trinajstić information content (AvgIpc) is 2.05. The molecule has 2 N–H and O–H groups in total. The van der Waals surface area contributed by atoms with Crippen molar-refractivity contribution < 1.29 is 4.74 Å². The monoisotopic (exact) mass is 164 g/mol. The summed E-state index contributed by atoms with van der Waals surface area (Å²) in [5.74, 6) is 1.04. The lowest BCUT2D eigenvalue weighted by Crippen LogP contribution is -1.97. The lowest BCUT2D eigenvalue weighted by Gasteiger charge is -2.01. The molecule has 0 aromatic carbocycles. The number of hydrogen-bond acceptors (Lipinski definition) is 3. The van der Waals surface area contributed by atoms with E-state index < -0.39 is 0 Å². The van der Waals surface area contributed by atoms with Gasteiger partial charge in [0.15, 0.2) is 0 Å². The van der Waals surface area contributed by atoms with Crippen molar-refractivity contribution in [2.45, 2.75) is 6.92 Å². The highest BCUT2D eigenvalue weighted by molar-refractivity contribution is 5.31. The van der Waals surface area contributed by atoms with Crippen molar-refractivity contribution in [2.75, 3.05) is 12.3 Å². The fourth-order valence-electron chi connectivity index (χ4n) is 0.741. The first kappa shape index (κ1) is 8.59. The van der Waals surface area contributed by atoms with Gasteiger partial charge < -0.3 is 10.5 Å². The number of pyridine rings is 1. The van der Waals surface area contributed by atoms with Crippen molar-refractivity contribution in [1.82, 2.24) is 4.98 Å². The van der Waals surface area contributed by atoms with Gasteiger partial charge in [-0.25, -0.2) is 0 Å². The maximum absolute atomic E-state index is 5.45. The van der Waals surface area contributed by atoms with E-state index in [-0.39, 0.29) is 0 Å². The van der Waals surface area contributed by atoms with Crippen LogP contribution in [0.4, 0.5) is 5.82 Å². The number of aromatic nitrogens is 1. The molecule has 12 heavy (non-hydrogen) atoms. The Kier molecular flexibility index (Phi) is 3.14. The van der Waals surface area contributed by atoms with Crippen LogP contribution in [0.25, 0.3) is 0 Å². The number of nitrogens with two attached hydrogens (primary N) is 1. The third-order valence-electron chi connectivity index (χ3n) is 1.31. The standard InChI is InChI=1S/C9H12N2O/c1-2-3-7-12-9-6-4-5-8(10)11-9/h2-6H,7H2,1H3,(H2,10,11)/b3-2+. The zero-order chi connectivity index (χ0) is 8.81. The molecule has 0 saturated heterocycles. The summed E-state index contributed by atoms with van der Waals surface area (Å²) in [6.45, 7) is 2.48. The number of ether oxygens (including phenoxy) is 1. The molecule has 0 amide bonds. The van der Waals surface area contributed by atoms with E-state index in [1.807, 2.05) is 25.1 Å². The van der Waals surface area contributed by atoms with Gasteiger partial charge >= 0.3 is 0 Å². The van der Waals surface area contributed by atoms with E-state index in [0.717, 1.165) is 0 Å². The molecule has 1 rings (SSSR count). The predicted octanol–water partition coefficient (Wildman–Crippen LogP) is 1.62. The van der Waals surface area contributed by atoms with Crippen molar-refractivity contribution in [1.29, 1.82) is 0 Å². The second kappa shape index (κ2) is 4.38. The Morgan fingerprint density at radius 3 is 3.08 bits per heavy atom. The maximum Gasteiger partial charge on any atom is 0.215 e. The summed E-state index contributed by atoms with van der Waals surface area (Å²) < 4.78 is 5.25. The fraction of sp³-hybridized carbons (Fsp3) is 0.222. The van der Waals surface area contributed by atoms with Crippen LogP contribution in [0.2, 0.25) is 0 Å². The normalized spacial score (nSPS) is 10.4. The van der Waals surface area contributed by atoms with Gasteiger partial charge in [0.1, 0.15) is 12.4 Å². The van der Waals surface area contributed by atoms with Crippen molar-refractivity contribution in [3.63, 3.8) is 0 Å². The molecule has 0 saturated carbocycles. The Bertz CT molecular complexity index is 271. The summed E-state index contributed by atoms with van der Waals surface area (Å²) in [5, 5.41) is 0. The first-order chi connectivity index (χ1) is 5.83. The van der Waals surface area contributed by atoms with Gasteiger partial charge in [-0.05, 0) is 13.0 Å². The van der Waals surface area contributed by atoms with E-state index in [9.17, 15) is 0 Å². The summed E-state index contributed by atoms with van der Waals surface area (Å²) in [6, 6.07) is 5.32. The third kappa shape index (κ3) is 2.62. The van der Waals surface area contributed by atoms with Gasteiger partial charge in [-0.15, -0.1) is 0 Å². The van der Waals surface area contributed by atoms with Gasteiger partial charge in [0.2, 0.25) is 5.88 Å². The number of rotatable bonds is 3. The van der Waals surface area contributed by atoms with Crippen LogP contribution in [0.15, 0.2) is 30.4 Å². The molecule has 1 aromatic heterocycles. The molecule has 0 aliphatic carbocycles. The largest absolute Gasteiger partial charge is 0.473 e. The molecule has 0 spiro atoms. The Labute approximate surface area is 71.9 Å². The molecular weight excluding hydrogens is 152 g/mol. The maximum atomic E-state index is 5.45. The van der Waals surface area contributed by atoms with Crippen molar-refractivity contribution in [2.24, 2.45) is 0 Å². The summed E-state index contributed by atoms with van der Waals surface area (Å²) in [5.41, 5.74) is 5.45. The van der Waals surface area contributed by atoms with Gasteiger partial charge in [-0.2, -0.15) is 4.98 Å². The quantitative estimate of drug-likeness (QED) is 0.690. The Morgan fingerprint density at radius 2 is 2.42 bits per heavy atom. The van der Waals surface area contributed by atoms with Crippen LogP contribution in [0, 0.1) is 0 Å². The van der Waals surface area contributed by atoms with Gasteiger partial charge in [0.25, 0.3) is 0 Å². The van der Waals surface area contributed by atoms with Crippen LogP contribution >= 0.6 is 0 Å². The van der Waals surface area contributed by atoms with Crippen LogP contribution in [0.3, 0.4) is 0 Å². The van der Waals surface area contributed by atoms with Gasteiger partial charge in [0, 0.05) is 6.07 Å². The smallest absolute Gasteiger partial charge is 0.215 e. The Hall–Kier alpha value is -1.51. The zero-order valence-corrected chi connectivity index (χ0v) is 7.03. The second-order valence-electron chi connectivity index (χ2n) is 2.28. The lowest BCUT2D eigenvalue weighted by molar-refractivity contribution is 0.349. The molecule has 1 heterocycles. The van der Waals surface area contributed by atoms with E-state index in [1.54, 1.807) is 12.1 Å². The van der Waals surface area contributed by atoms with E-state index in [2.05, 4.69) is 4.98 Å². The minimum absolute atomic E-state index is 0.480. The number of nitrogen functional groups attached to an aromatic ring is 1. The first-order valence-corrected chi connectivity index (χ1v) is 3.79. The molecule has 3 nitrogen and oxygen atoms in total. The molecule has 1 aromatic rings. The average molecular weight is 164 g/mol. The molecule has 0 radical (unpaired) electrons. The van der Waals surface area contributed by atoms with E-state index >= 15 is 0 Å². The van der Waals surface area contributed by atoms with Crippen LogP contribution in [0.5, 0.6) is 5.88 Å². The molecule has 0 unspecified atom stereocenters. The summed E-state index contributed by atoms with van der Waals surface area (Å²) in [7, 11) is 0. The number of allylic oxidation sites excluding steroid dienone is 1. The molecule has 0 aliphatic heterocycles. The van der Waals surface area contributed by atoms with Crippen LogP contribution in [-0.2, 0) is 0 Å². The van der Waals surface area contributed by atoms with Gasteiger partial charge in [-0.3, -0.25) is 0 Å².